The van der Waals surface area contributed by atoms with E-state index >= 15 is 0 Å². The van der Waals surface area contributed by atoms with Crippen molar-refractivity contribution < 1.29 is 23.5 Å². The second kappa shape index (κ2) is 8.04. The van der Waals surface area contributed by atoms with Crippen molar-refractivity contribution in [3.8, 4) is 0 Å². The maximum absolute atomic E-state index is 12.9. The zero-order chi connectivity index (χ0) is 16.7. The van der Waals surface area contributed by atoms with Gasteiger partial charge in [0, 0.05) is 5.69 Å². The lowest BCUT2D eigenvalue weighted by atomic mass is 10.3. The number of esters is 1. The molecule has 0 spiro atoms. The summed E-state index contributed by atoms with van der Waals surface area (Å²) < 4.78 is 17.7. The zero-order valence-electron chi connectivity index (χ0n) is 11.9. The van der Waals surface area contributed by atoms with E-state index in [0.29, 0.717) is 4.88 Å². The Kier molecular flexibility index (Phi) is 5.81. The van der Waals surface area contributed by atoms with E-state index in [2.05, 4.69) is 10.6 Å². The molecule has 0 atom stereocenters. The summed E-state index contributed by atoms with van der Waals surface area (Å²) in [5.41, 5.74) is 0.261. The molecule has 0 unspecified atom stereocenters. The van der Waals surface area contributed by atoms with Crippen molar-refractivity contribution in [2.75, 3.05) is 18.5 Å². The topological polar surface area (TPSA) is 84.5 Å². The van der Waals surface area contributed by atoms with Crippen LogP contribution in [-0.4, -0.2) is 30.9 Å². The van der Waals surface area contributed by atoms with E-state index in [4.69, 9.17) is 4.74 Å². The summed E-state index contributed by atoms with van der Waals surface area (Å²) in [6.45, 7) is -0.867. The van der Waals surface area contributed by atoms with Crippen LogP contribution < -0.4 is 10.6 Å². The standard InChI is InChI=1S/C15H13FN2O4S/c16-10-3-1-4-11(7-10)18-13(19)9-22-14(20)8-17-15(21)12-5-2-6-23-12/h1-7H,8-9H2,(H,17,21)(H,18,19). The average Bonchev–Trinajstić information content (AvgIpc) is 3.05. The summed E-state index contributed by atoms with van der Waals surface area (Å²) in [6, 6.07) is 8.67. The molecule has 120 valence electrons. The maximum atomic E-state index is 12.9. The van der Waals surface area contributed by atoms with Crippen LogP contribution in [0.15, 0.2) is 41.8 Å². The van der Waals surface area contributed by atoms with E-state index in [0.717, 1.165) is 6.07 Å². The van der Waals surface area contributed by atoms with Gasteiger partial charge in [0.2, 0.25) is 0 Å². The molecule has 23 heavy (non-hydrogen) atoms. The number of halogens is 1. The second-order valence-electron chi connectivity index (χ2n) is 4.38. The Morgan fingerprint density at radius 2 is 2.00 bits per heavy atom. The summed E-state index contributed by atoms with van der Waals surface area (Å²) in [4.78, 5) is 35.1. The van der Waals surface area contributed by atoms with Crippen LogP contribution in [0.5, 0.6) is 0 Å². The number of rotatable bonds is 6. The molecule has 0 fully saturated rings. The van der Waals surface area contributed by atoms with Gasteiger partial charge in [-0.05, 0) is 29.6 Å². The molecule has 6 nitrogen and oxygen atoms in total. The fourth-order valence-electron chi connectivity index (χ4n) is 1.61. The Morgan fingerprint density at radius 3 is 2.70 bits per heavy atom. The van der Waals surface area contributed by atoms with Crippen LogP contribution in [0, 0.1) is 5.82 Å². The highest BCUT2D eigenvalue weighted by molar-refractivity contribution is 7.12. The predicted octanol–water partition coefficient (Wildman–Crippen LogP) is 1.80. The Labute approximate surface area is 135 Å². The molecule has 0 bridgehead atoms. The number of hydrogen-bond donors (Lipinski definition) is 2. The monoisotopic (exact) mass is 336 g/mol. The normalized spacial score (nSPS) is 9.96. The molecule has 2 aromatic rings. The first-order valence-electron chi connectivity index (χ1n) is 6.57. The van der Waals surface area contributed by atoms with Gasteiger partial charge in [-0.25, -0.2) is 4.39 Å². The predicted molar refractivity (Wildman–Crippen MR) is 82.6 cm³/mol. The molecule has 2 amide bonds. The third-order valence-electron chi connectivity index (χ3n) is 2.61. The molecule has 0 saturated carbocycles. The number of carbonyl (C=O) groups excluding carboxylic acids is 3. The highest BCUT2D eigenvalue weighted by atomic mass is 32.1. The van der Waals surface area contributed by atoms with Gasteiger partial charge in [0.1, 0.15) is 12.4 Å². The smallest absolute Gasteiger partial charge is 0.325 e. The molecule has 0 aliphatic heterocycles. The van der Waals surface area contributed by atoms with Crippen molar-refractivity contribution in [2.24, 2.45) is 0 Å². The first kappa shape index (κ1) is 16.6. The van der Waals surface area contributed by atoms with Crippen LogP contribution in [0.4, 0.5) is 10.1 Å². The van der Waals surface area contributed by atoms with E-state index in [1.54, 1.807) is 17.5 Å². The summed E-state index contributed by atoms with van der Waals surface area (Å²) in [5.74, 6) is -2.23. The first-order chi connectivity index (χ1) is 11.0. The van der Waals surface area contributed by atoms with Crippen LogP contribution in [0.2, 0.25) is 0 Å². The lowest BCUT2D eigenvalue weighted by Crippen LogP contribution is -2.31. The van der Waals surface area contributed by atoms with Crippen molar-refractivity contribution in [3.05, 3.63) is 52.5 Å². The van der Waals surface area contributed by atoms with Gasteiger partial charge in [-0.3, -0.25) is 14.4 Å². The summed E-state index contributed by atoms with van der Waals surface area (Å²) in [5, 5.41) is 6.50. The highest BCUT2D eigenvalue weighted by Gasteiger charge is 2.11. The van der Waals surface area contributed by atoms with Gasteiger partial charge in [0.25, 0.3) is 11.8 Å². The fraction of sp³-hybridized carbons (Fsp3) is 0.133. The van der Waals surface area contributed by atoms with Crippen LogP contribution in [-0.2, 0) is 14.3 Å². The third-order valence-corrected chi connectivity index (χ3v) is 3.48. The van der Waals surface area contributed by atoms with E-state index < -0.39 is 24.3 Å². The van der Waals surface area contributed by atoms with Crippen molar-refractivity contribution in [1.29, 1.82) is 0 Å². The number of nitrogens with one attached hydrogen (secondary N) is 2. The van der Waals surface area contributed by atoms with E-state index in [1.165, 1.54) is 29.5 Å². The minimum absolute atomic E-state index is 0.261. The lowest BCUT2D eigenvalue weighted by Gasteiger charge is -2.07. The van der Waals surface area contributed by atoms with Gasteiger partial charge in [0.15, 0.2) is 6.61 Å². The number of ether oxygens (including phenoxy) is 1. The molecule has 0 saturated heterocycles. The fourth-order valence-corrected chi connectivity index (χ4v) is 2.25. The number of hydrogen-bond acceptors (Lipinski definition) is 5. The van der Waals surface area contributed by atoms with Gasteiger partial charge in [0.05, 0.1) is 4.88 Å². The third kappa shape index (κ3) is 5.51. The maximum Gasteiger partial charge on any atom is 0.325 e. The minimum atomic E-state index is -0.746. The molecule has 1 aromatic carbocycles. The average molecular weight is 336 g/mol. The lowest BCUT2D eigenvalue weighted by molar-refractivity contribution is -0.146. The molecule has 0 radical (unpaired) electrons. The second-order valence-corrected chi connectivity index (χ2v) is 5.33. The summed E-state index contributed by atoms with van der Waals surface area (Å²) in [7, 11) is 0. The minimum Gasteiger partial charge on any atom is -0.454 e. The van der Waals surface area contributed by atoms with Crippen molar-refractivity contribution in [3.63, 3.8) is 0 Å². The zero-order valence-corrected chi connectivity index (χ0v) is 12.7. The Balaban J connectivity index is 1.69. The Bertz CT molecular complexity index is 703. The largest absolute Gasteiger partial charge is 0.454 e. The molecule has 2 N–H and O–H groups in total. The van der Waals surface area contributed by atoms with Crippen molar-refractivity contribution in [2.45, 2.75) is 0 Å². The van der Waals surface area contributed by atoms with E-state index in [-0.39, 0.29) is 18.1 Å². The molecule has 8 heteroatoms. The molecule has 1 aromatic heterocycles. The molecule has 1 heterocycles. The van der Waals surface area contributed by atoms with Gasteiger partial charge in [-0.15, -0.1) is 11.3 Å². The van der Waals surface area contributed by atoms with Gasteiger partial charge >= 0.3 is 5.97 Å². The number of carbonyl (C=O) groups is 3. The van der Waals surface area contributed by atoms with Gasteiger partial charge < -0.3 is 15.4 Å². The molecular weight excluding hydrogens is 323 g/mol. The number of anilines is 1. The molecule has 0 aliphatic rings. The number of benzene rings is 1. The molecule has 0 aliphatic carbocycles. The quantitative estimate of drug-likeness (QED) is 0.788. The first-order valence-corrected chi connectivity index (χ1v) is 7.45. The Hall–Kier alpha value is -2.74. The SMILES string of the molecule is O=C(COC(=O)CNC(=O)c1cccs1)Nc1cccc(F)c1. The summed E-state index contributed by atoms with van der Waals surface area (Å²) >= 11 is 1.24. The van der Waals surface area contributed by atoms with Crippen LogP contribution in [0.1, 0.15) is 9.67 Å². The van der Waals surface area contributed by atoms with Crippen LogP contribution in [0.25, 0.3) is 0 Å². The summed E-state index contributed by atoms with van der Waals surface area (Å²) in [6.07, 6.45) is 0. The van der Waals surface area contributed by atoms with E-state index in [1.807, 2.05) is 0 Å². The van der Waals surface area contributed by atoms with E-state index in [9.17, 15) is 18.8 Å². The van der Waals surface area contributed by atoms with Crippen molar-refractivity contribution in [1.82, 2.24) is 5.32 Å². The van der Waals surface area contributed by atoms with Gasteiger partial charge in [-0.1, -0.05) is 12.1 Å². The molecular formula is C15H13FN2O4S. The van der Waals surface area contributed by atoms with Gasteiger partial charge in [-0.2, -0.15) is 0 Å². The number of amides is 2. The molecule has 2 rings (SSSR count). The Morgan fingerprint density at radius 1 is 1.17 bits per heavy atom. The van der Waals surface area contributed by atoms with Crippen LogP contribution >= 0.6 is 11.3 Å². The van der Waals surface area contributed by atoms with Crippen molar-refractivity contribution >= 4 is 34.8 Å². The number of thiophene rings is 1. The van der Waals surface area contributed by atoms with Crippen LogP contribution in [0.3, 0.4) is 0 Å². The highest BCUT2D eigenvalue weighted by Crippen LogP contribution is 2.09.